The minimum absolute atomic E-state index is 0.193. The molecule has 2 aromatic heterocycles. The minimum atomic E-state index is 0.193. The molecule has 3 heterocycles. The van der Waals surface area contributed by atoms with Gasteiger partial charge in [-0.15, -0.1) is 0 Å². The van der Waals surface area contributed by atoms with E-state index in [1.54, 1.807) is 0 Å². The van der Waals surface area contributed by atoms with Crippen LogP contribution in [0.3, 0.4) is 0 Å². The fourth-order valence-electron chi connectivity index (χ4n) is 4.09. The van der Waals surface area contributed by atoms with Crippen LogP contribution in [-0.2, 0) is 24.4 Å². The predicted octanol–water partition coefficient (Wildman–Crippen LogP) is 3.60. The van der Waals surface area contributed by atoms with Crippen LogP contribution in [0.2, 0.25) is 0 Å². The number of rotatable bonds is 7. The van der Waals surface area contributed by atoms with Crippen LogP contribution in [0.15, 0.2) is 22.6 Å². The molecular weight excluding hydrogens is 352 g/mol. The number of fused-ring (bicyclic) bond motifs is 1. The summed E-state index contributed by atoms with van der Waals surface area (Å²) in [5.41, 5.74) is 2.23. The van der Waals surface area contributed by atoms with Gasteiger partial charge in [0.05, 0.1) is 17.9 Å². The van der Waals surface area contributed by atoms with E-state index >= 15 is 0 Å². The maximum atomic E-state index is 12.1. The van der Waals surface area contributed by atoms with Crippen molar-refractivity contribution in [1.82, 2.24) is 20.0 Å². The van der Waals surface area contributed by atoms with Gasteiger partial charge in [-0.3, -0.25) is 14.4 Å². The van der Waals surface area contributed by atoms with Gasteiger partial charge >= 0.3 is 0 Å². The summed E-state index contributed by atoms with van der Waals surface area (Å²) in [6, 6.07) is 6.31. The highest BCUT2D eigenvalue weighted by Gasteiger charge is 2.25. The van der Waals surface area contributed by atoms with E-state index in [0.717, 1.165) is 69.1 Å². The Bertz CT molecular complexity index is 805. The van der Waals surface area contributed by atoms with Gasteiger partial charge in [0.2, 0.25) is 5.91 Å². The number of furan rings is 1. The molecule has 6 heteroatoms. The zero-order valence-corrected chi connectivity index (χ0v) is 17.1. The molecule has 1 N–H and O–H groups in total. The number of hydrogen-bond donors (Lipinski definition) is 1. The Hall–Kier alpha value is -2.08. The average Bonchev–Trinajstić information content (AvgIpc) is 3.17. The largest absolute Gasteiger partial charge is 0.466 e. The Morgan fingerprint density at radius 1 is 1.32 bits per heavy atom. The first-order valence-corrected chi connectivity index (χ1v) is 10.7. The zero-order valence-electron chi connectivity index (χ0n) is 17.1. The normalized spacial score (nSPS) is 18.9. The monoisotopic (exact) mass is 384 g/mol. The highest BCUT2D eigenvalue weighted by Crippen LogP contribution is 2.26. The summed E-state index contributed by atoms with van der Waals surface area (Å²) in [7, 11) is 0. The number of carbonyl (C=O) groups excluding carboxylic acids is 1. The van der Waals surface area contributed by atoms with Crippen molar-refractivity contribution in [2.45, 2.75) is 71.5 Å². The van der Waals surface area contributed by atoms with E-state index in [1.807, 2.05) is 13.0 Å². The van der Waals surface area contributed by atoms with Gasteiger partial charge in [0.25, 0.3) is 0 Å². The maximum absolute atomic E-state index is 12.1. The van der Waals surface area contributed by atoms with Crippen LogP contribution < -0.4 is 5.32 Å². The highest BCUT2D eigenvalue weighted by molar-refractivity contribution is 5.79. The molecule has 0 saturated heterocycles. The molecule has 0 aromatic carbocycles. The fraction of sp³-hybridized carbons (Fsp3) is 0.636. The second kappa shape index (κ2) is 8.52. The van der Waals surface area contributed by atoms with E-state index in [-0.39, 0.29) is 11.8 Å². The lowest BCUT2D eigenvalue weighted by Crippen LogP contribution is -2.34. The van der Waals surface area contributed by atoms with E-state index in [4.69, 9.17) is 9.52 Å². The highest BCUT2D eigenvalue weighted by atomic mass is 16.3. The smallest absolute Gasteiger partial charge is 0.223 e. The van der Waals surface area contributed by atoms with Crippen LogP contribution in [0.4, 0.5) is 0 Å². The molecule has 0 bridgehead atoms. The summed E-state index contributed by atoms with van der Waals surface area (Å²) in [6.07, 6.45) is 5.46. The van der Waals surface area contributed by atoms with Crippen LogP contribution in [0.25, 0.3) is 0 Å². The number of nitrogens with one attached hydrogen (secondary N) is 1. The van der Waals surface area contributed by atoms with Crippen molar-refractivity contribution in [2.24, 2.45) is 5.92 Å². The van der Waals surface area contributed by atoms with E-state index in [9.17, 15) is 4.79 Å². The maximum Gasteiger partial charge on any atom is 0.223 e. The van der Waals surface area contributed by atoms with E-state index in [1.165, 1.54) is 12.1 Å². The Kier molecular flexibility index (Phi) is 5.85. The van der Waals surface area contributed by atoms with Crippen LogP contribution >= 0.6 is 0 Å². The summed E-state index contributed by atoms with van der Waals surface area (Å²) in [6.45, 7) is 8.81. The molecule has 1 amide bonds. The molecule has 0 radical (unpaired) electrons. The van der Waals surface area contributed by atoms with Gasteiger partial charge in [-0.05, 0) is 57.4 Å². The lowest BCUT2D eigenvalue weighted by atomic mass is 9.85. The van der Waals surface area contributed by atoms with Crippen LogP contribution in [0, 0.1) is 12.8 Å². The minimum Gasteiger partial charge on any atom is -0.466 e. The first-order chi connectivity index (χ1) is 13.6. The van der Waals surface area contributed by atoms with E-state index in [2.05, 4.69) is 34.0 Å². The topological polar surface area (TPSA) is 63.3 Å². The summed E-state index contributed by atoms with van der Waals surface area (Å²) in [4.78, 5) is 14.6. The molecule has 1 aliphatic heterocycles. The van der Waals surface area contributed by atoms with Crippen LogP contribution in [0.1, 0.15) is 67.9 Å². The van der Waals surface area contributed by atoms with Crippen LogP contribution in [-0.4, -0.2) is 33.7 Å². The van der Waals surface area contributed by atoms with Crippen molar-refractivity contribution < 1.29 is 9.21 Å². The molecule has 2 aromatic rings. The lowest BCUT2D eigenvalue weighted by molar-refractivity contribution is -0.127. The van der Waals surface area contributed by atoms with Crippen molar-refractivity contribution >= 4 is 5.91 Å². The molecule has 4 rings (SSSR count). The number of hydrogen-bond acceptors (Lipinski definition) is 4. The van der Waals surface area contributed by atoms with Gasteiger partial charge in [-0.2, -0.15) is 5.10 Å². The first-order valence-electron chi connectivity index (χ1n) is 10.7. The number of aromatic nitrogens is 2. The Morgan fingerprint density at radius 3 is 2.89 bits per heavy atom. The third-order valence-corrected chi connectivity index (χ3v) is 6.19. The summed E-state index contributed by atoms with van der Waals surface area (Å²) in [5, 5.41) is 7.78. The Labute approximate surface area is 167 Å². The molecule has 1 fully saturated rings. The van der Waals surface area contributed by atoms with Crippen molar-refractivity contribution in [3.63, 3.8) is 0 Å². The van der Waals surface area contributed by atoms with Gasteiger partial charge in [-0.25, -0.2) is 0 Å². The van der Waals surface area contributed by atoms with E-state index in [0.29, 0.717) is 12.5 Å². The van der Waals surface area contributed by atoms with Crippen molar-refractivity contribution in [1.29, 1.82) is 0 Å². The molecule has 28 heavy (non-hydrogen) atoms. The van der Waals surface area contributed by atoms with Gasteiger partial charge in [0.1, 0.15) is 11.5 Å². The van der Waals surface area contributed by atoms with Crippen LogP contribution in [0.5, 0.6) is 0 Å². The molecule has 0 spiro atoms. The van der Waals surface area contributed by atoms with Crippen molar-refractivity contribution in [3.05, 3.63) is 41.1 Å². The summed E-state index contributed by atoms with van der Waals surface area (Å²) < 4.78 is 7.91. The molecule has 152 valence electrons. The molecule has 1 atom stereocenters. The molecule has 6 nitrogen and oxygen atoms in total. The number of amides is 1. The molecule has 2 aliphatic rings. The number of carbonyl (C=O) groups is 1. The SMILES string of the molecule is Cc1ccc([C@H](C)CCN2CCCn3nc(CNC(=O)C4CCC4)cc3C2)o1. The Balaban J connectivity index is 1.30. The fourth-order valence-corrected chi connectivity index (χ4v) is 4.09. The molecular formula is C22H32N4O2. The zero-order chi connectivity index (χ0) is 19.5. The van der Waals surface area contributed by atoms with Gasteiger partial charge in [0, 0.05) is 31.5 Å². The average molecular weight is 385 g/mol. The standard InChI is InChI=1S/C22H32N4O2/c1-16(21-8-7-17(2)28-21)9-12-25-10-4-11-26-20(15-25)13-19(24-26)14-23-22(27)18-5-3-6-18/h7-8,13,16,18H,3-6,9-12,14-15H2,1-2H3,(H,23,27)/t16-/m1/s1. The third-order valence-electron chi connectivity index (χ3n) is 6.19. The van der Waals surface area contributed by atoms with Gasteiger partial charge in [-0.1, -0.05) is 13.3 Å². The third kappa shape index (κ3) is 4.49. The predicted molar refractivity (Wildman–Crippen MR) is 108 cm³/mol. The Morgan fingerprint density at radius 2 is 2.18 bits per heavy atom. The van der Waals surface area contributed by atoms with E-state index < -0.39 is 0 Å². The van der Waals surface area contributed by atoms with Gasteiger partial charge in [0.15, 0.2) is 0 Å². The summed E-state index contributed by atoms with van der Waals surface area (Å²) >= 11 is 0. The lowest BCUT2D eigenvalue weighted by Gasteiger charge is -2.23. The summed E-state index contributed by atoms with van der Waals surface area (Å²) in [5.74, 6) is 2.92. The van der Waals surface area contributed by atoms with Crippen molar-refractivity contribution in [3.8, 4) is 0 Å². The molecule has 1 aliphatic carbocycles. The first kappa shape index (κ1) is 19.2. The second-order valence-electron chi connectivity index (χ2n) is 8.46. The van der Waals surface area contributed by atoms with Crippen molar-refractivity contribution in [2.75, 3.05) is 13.1 Å². The second-order valence-corrected chi connectivity index (χ2v) is 8.46. The molecule has 1 saturated carbocycles. The number of nitrogens with zero attached hydrogens (tertiary/aromatic N) is 3. The van der Waals surface area contributed by atoms with Gasteiger partial charge < -0.3 is 9.73 Å². The quantitative estimate of drug-likeness (QED) is 0.792. The number of aryl methyl sites for hydroxylation is 2. The molecule has 0 unspecified atom stereocenters.